The molecule has 90 valence electrons. The smallest absolute Gasteiger partial charge is 0.251 e. The highest BCUT2D eigenvalue weighted by Gasteiger charge is 2.07. The predicted molar refractivity (Wildman–Crippen MR) is 64.7 cm³/mol. The molecule has 0 aromatic carbocycles. The standard InChI is InChI=1S/C11H15N5O/c1-12-5-4-10-14-8(7-11(17)15-10)9-3-6-13-16(9)2/h3,6-7,12H,4-5H2,1-2H3,(H,14,15,17). The molecule has 0 atom stereocenters. The zero-order valence-electron chi connectivity index (χ0n) is 9.90. The summed E-state index contributed by atoms with van der Waals surface area (Å²) in [5.74, 6) is 0.683. The van der Waals surface area contributed by atoms with E-state index in [1.54, 1.807) is 10.9 Å². The molecule has 0 amide bonds. The number of rotatable bonds is 4. The topological polar surface area (TPSA) is 75.6 Å². The van der Waals surface area contributed by atoms with Crippen LogP contribution >= 0.6 is 0 Å². The van der Waals surface area contributed by atoms with Gasteiger partial charge >= 0.3 is 0 Å². The van der Waals surface area contributed by atoms with E-state index < -0.39 is 0 Å². The molecule has 0 fully saturated rings. The summed E-state index contributed by atoms with van der Waals surface area (Å²) in [4.78, 5) is 18.7. The average Bonchev–Trinajstić information content (AvgIpc) is 2.72. The first-order valence-corrected chi connectivity index (χ1v) is 5.44. The number of aromatic nitrogens is 4. The van der Waals surface area contributed by atoms with Gasteiger partial charge in [-0.1, -0.05) is 0 Å². The molecule has 2 heterocycles. The Kier molecular flexibility index (Phi) is 3.34. The summed E-state index contributed by atoms with van der Waals surface area (Å²) in [6.07, 6.45) is 2.38. The summed E-state index contributed by atoms with van der Waals surface area (Å²) in [5.41, 5.74) is 1.35. The largest absolute Gasteiger partial charge is 0.319 e. The molecule has 0 saturated heterocycles. The van der Waals surface area contributed by atoms with E-state index in [1.165, 1.54) is 6.07 Å². The van der Waals surface area contributed by atoms with Gasteiger partial charge in [-0.15, -0.1) is 0 Å². The Morgan fingerprint density at radius 1 is 1.53 bits per heavy atom. The van der Waals surface area contributed by atoms with Crippen LogP contribution in [0.3, 0.4) is 0 Å². The summed E-state index contributed by atoms with van der Waals surface area (Å²) >= 11 is 0. The summed E-state index contributed by atoms with van der Waals surface area (Å²) in [6.45, 7) is 0.776. The first kappa shape index (κ1) is 11.5. The van der Waals surface area contributed by atoms with Crippen LogP contribution in [0, 0.1) is 0 Å². The van der Waals surface area contributed by atoms with Crippen molar-refractivity contribution in [3.05, 3.63) is 34.5 Å². The summed E-state index contributed by atoms with van der Waals surface area (Å²) in [5, 5.41) is 7.09. The van der Waals surface area contributed by atoms with Gasteiger partial charge in [0.05, 0.1) is 11.4 Å². The van der Waals surface area contributed by atoms with Crippen molar-refractivity contribution in [1.29, 1.82) is 0 Å². The number of nitrogens with one attached hydrogen (secondary N) is 2. The Hall–Kier alpha value is -1.95. The lowest BCUT2D eigenvalue weighted by Crippen LogP contribution is -2.17. The van der Waals surface area contributed by atoms with E-state index in [0.29, 0.717) is 17.9 Å². The van der Waals surface area contributed by atoms with Crippen LogP contribution in [0.15, 0.2) is 23.1 Å². The van der Waals surface area contributed by atoms with E-state index in [0.717, 1.165) is 12.2 Å². The second-order valence-electron chi connectivity index (χ2n) is 3.77. The van der Waals surface area contributed by atoms with Crippen LogP contribution in [-0.2, 0) is 13.5 Å². The number of aryl methyl sites for hydroxylation is 1. The fraction of sp³-hybridized carbons (Fsp3) is 0.364. The van der Waals surface area contributed by atoms with Gasteiger partial charge in [-0.2, -0.15) is 5.10 Å². The Bertz CT molecular complexity index is 557. The third-order valence-electron chi connectivity index (χ3n) is 2.49. The highest BCUT2D eigenvalue weighted by molar-refractivity contribution is 5.53. The molecule has 6 heteroatoms. The maximum absolute atomic E-state index is 11.5. The predicted octanol–water partition coefficient (Wildman–Crippen LogP) is -0.0677. The molecule has 0 unspecified atom stereocenters. The van der Waals surface area contributed by atoms with Crippen LogP contribution in [0.1, 0.15) is 5.82 Å². The second-order valence-corrected chi connectivity index (χ2v) is 3.77. The monoisotopic (exact) mass is 233 g/mol. The number of likely N-dealkylation sites (N-methyl/N-ethyl adjacent to an activating group) is 1. The molecular formula is C11H15N5O. The molecule has 0 saturated carbocycles. The van der Waals surface area contributed by atoms with Crippen LogP contribution in [0.4, 0.5) is 0 Å². The van der Waals surface area contributed by atoms with Crippen LogP contribution in [0.5, 0.6) is 0 Å². The highest BCUT2D eigenvalue weighted by Crippen LogP contribution is 2.13. The van der Waals surface area contributed by atoms with E-state index in [1.807, 2.05) is 20.2 Å². The van der Waals surface area contributed by atoms with Crippen molar-refractivity contribution < 1.29 is 0 Å². The molecule has 0 spiro atoms. The van der Waals surface area contributed by atoms with Gasteiger partial charge in [0.15, 0.2) is 0 Å². The fourth-order valence-corrected chi connectivity index (χ4v) is 1.63. The zero-order chi connectivity index (χ0) is 12.3. The minimum absolute atomic E-state index is 0.137. The number of hydrogen-bond acceptors (Lipinski definition) is 4. The van der Waals surface area contributed by atoms with Crippen molar-refractivity contribution in [3.63, 3.8) is 0 Å². The van der Waals surface area contributed by atoms with Crippen molar-refractivity contribution in [3.8, 4) is 11.4 Å². The summed E-state index contributed by atoms with van der Waals surface area (Å²) < 4.78 is 1.70. The maximum atomic E-state index is 11.5. The minimum Gasteiger partial charge on any atom is -0.319 e. The van der Waals surface area contributed by atoms with Gasteiger partial charge in [-0.25, -0.2) is 4.98 Å². The fourth-order valence-electron chi connectivity index (χ4n) is 1.63. The molecule has 2 N–H and O–H groups in total. The molecule has 0 aliphatic carbocycles. The zero-order valence-corrected chi connectivity index (χ0v) is 9.90. The molecular weight excluding hydrogens is 218 g/mol. The maximum Gasteiger partial charge on any atom is 0.251 e. The van der Waals surface area contributed by atoms with E-state index in [-0.39, 0.29) is 5.56 Å². The van der Waals surface area contributed by atoms with Crippen molar-refractivity contribution in [2.45, 2.75) is 6.42 Å². The third kappa shape index (κ3) is 2.59. The number of hydrogen-bond donors (Lipinski definition) is 2. The van der Waals surface area contributed by atoms with Crippen molar-refractivity contribution >= 4 is 0 Å². The Labute approximate surface area is 98.7 Å². The molecule has 0 aliphatic rings. The molecule has 6 nitrogen and oxygen atoms in total. The van der Waals surface area contributed by atoms with E-state index >= 15 is 0 Å². The number of H-pyrrole nitrogens is 1. The van der Waals surface area contributed by atoms with Gasteiger partial charge in [0.1, 0.15) is 5.82 Å². The molecule has 2 aromatic rings. The van der Waals surface area contributed by atoms with Crippen molar-refractivity contribution in [2.75, 3.05) is 13.6 Å². The lowest BCUT2D eigenvalue weighted by Gasteiger charge is -2.04. The van der Waals surface area contributed by atoms with Crippen LogP contribution in [-0.4, -0.2) is 33.3 Å². The summed E-state index contributed by atoms with van der Waals surface area (Å²) in [7, 11) is 3.69. The second kappa shape index (κ2) is 4.92. The Morgan fingerprint density at radius 3 is 3.00 bits per heavy atom. The first-order valence-electron chi connectivity index (χ1n) is 5.44. The highest BCUT2D eigenvalue weighted by atomic mass is 16.1. The molecule has 0 bridgehead atoms. The van der Waals surface area contributed by atoms with Crippen LogP contribution in [0.25, 0.3) is 11.4 Å². The van der Waals surface area contributed by atoms with Gasteiger partial charge < -0.3 is 10.3 Å². The molecule has 0 radical (unpaired) electrons. The molecule has 2 aromatic heterocycles. The lowest BCUT2D eigenvalue weighted by atomic mass is 10.3. The lowest BCUT2D eigenvalue weighted by molar-refractivity contribution is 0.745. The number of nitrogens with zero attached hydrogens (tertiary/aromatic N) is 3. The van der Waals surface area contributed by atoms with Crippen molar-refractivity contribution in [2.24, 2.45) is 7.05 Å². The first-order chi connectivity index (χ1) is 8.20. The van der Waals surface area contributed by atoms with Gasteiger partial charge in [-0.3, -0.25) is 9.48 Å². The SMILES string of the molecule is CNCCc1nc(-c2ccnn2C)cc(=O)[nH]1. The van der Waals surface area contributed by atoms with Crippen LogP contribution < -0.4 is 10.9 Å². The average molecular weight is 233 g/mol. The van der Waals surface area contributed by atoms with Gasteiger partial charge in [0, 0.05) is 32.3 Å². The van der Waals surface area contributed by atoms with E-state index in [4.69, 9.17) is 0 Å². The molecule has 0 aliphatic heterocycles. The van der Waals surface area contributed by atoms with Gasteiger partial charge in [-0.05, 0) is 13.1 Å². The Balaban J connectivity index is 2.38. The van der Waals surface area contributed by atoms with Gasteiger partial charge in [0.2, 0.25) is 0 Å². The quantitative estimate of drug-likeness (QED) is 0.775. The van der Waals surface area contributed by atoms with Gasteiger partial charge in [0.25, 0.3) is 5.56 Å². The molecule has 2 rings (SSSR count). The minimum atomic E-state index is -0.137. The molecule has 17 heavy (non-hydrogen) atoms. The van der Waals surface area contributed by atoms with Crippen molar-refractivity contribution in [1.82, 2.24) is 25.1 Å². The third-order valence-corrected chi connectivity index (χ3v) is 2.49. The van der Waals surface area contributed by atoms with Crippen LogP contribution in [0.2, 0.25) is 0 Å². The van der Waals surface area contributed by atoms with E-state index in [2.05, 4.69) is 20.4 Å². The summed E-state index contributed by atoms with van der Waals surface area (Å²) in [6, 6.07) is 3.32. The van der Waals surface area contributed by atoms with E-state index in [9.17, 15) is 4.79 Å². The number of aromatic amines is 1. The normalized spacial score (nSPS) is 10.7. The Morgan fingerprint density at radius 2 is 2.35 bits per heavy atom.